The number of benzene rings is 1. The summed E-state index contributed by atoms with van der Waals surface area (Å²) in [5, 5.41) is 0.222. The van der Waals surface area contributed by atoms with Crippen molar-refractivity contribution in [3.63, 3.8) is 0 Å². The third kappa shape index (κ3) is 4.57. The lowest BCUT2D eigenvalue weighted by Gasteiger charge is -2.29. The summed E-state index contributed by atoms with van der Waals surface area (Å²) in [6.45, 7) is 4.74. The molecule has 0 fully saturated rings. The van der Waals surface area contributed by atoms with E-state index >= 15 is 0 Å². The second kappa shape index (κ2) is 7.79. The molecule has 0 spiro atoms. The fourth-order valence-electron chi connectivity index (χ4n) is 2.29. The van der Waals surface area contributed by atoms with Crippen molar-refractivity contribution in [3.05, 3.63) is 28.8 Å². The Bertz CT molecular complexity index is 576. The van der Waals surface area contributed by atoms with Crippen molar-refractivity contribution >= 4 is 33.2 Å². The molecule has 0 saturated carbocycles. The summed E-state index contributed by atoms with van der Waals surface area (Å²) in [5.74, 6) is 0.249. The zero-order chi connectivity index (χ0) is 16.2. The minimum Gasteiger partial charge on any atom is -0.308 e. The standard InChI is InChI=1S/C14H22Cl2N2O2S/c1-5-18(11(2)10-17(3)4)21(19,20)14-8-12(9-15)6-7-13(14)16/h6-8,11H,5,9-10H2,1-4H3. The van der Waals surface area contributed by atoms with Gasteiger partial charge in [0.25, 0.3) is 0 Å². The van der Waals surface area contributed by atoms with E-state index in [1.165, 1.54) is 4.31 Å². The molecule has 0 aliphatic heterocycles. The van der Waals surface area contributed by atoms with Crippen LogP contribution in [0.5, 0.6) is 0 Å². The third-order valence-electron chi connectivity index (χ3n) is 3.17. The first-order chi connectivity index (χ1) is 9.73. The third-order valence-corrected chi connectivity index (χ3v) is 6.05. The average Bonchev–Trinajstić information content (AvgIpc) is 2.38. The maximum atomic E-state index is 12.9. The molecule has 0 aromatic heterocycles. The van der Waals surface area contributed by atoms with Crippen molar-refractivity contribution in [2.45, 2.75) is 30.7 Å². The van der Waals surface area contributed by atoms with Crippen LogP contribution in [0.1, 0.15) is 19.4 Å². The summed E-state index contributed by atoms with van der Waals surface area (Å²) in [4.78, 5) is 2.08. The van der Waals surface area contributed by atoms with E-state index in [2.05, 4.69) is 0 Å². The van der Waals surface area contributed by atoms with Gasteiger partial charge in [-0.1, -0.05) is 24.6 Å². The molecular weight excluding hydrogens is 331 g/mol. The summed E-state index contributed by atoms with van der Waals surface area (Å²) in [7, 11) is 0.186. The topological polar surface area (TPSA) is 40.6 Å². The molecule has 1 rings (SSSR count). The summed E-state index contributed by atoms with van der Waals surface area (Å²) in [5.41, 5.74) is 0.732. The van der Waals surface area contributed by atoms with E-state index in [9.17, 15) is 8.42 Å². The van der Waals surface area contributed by atoms with E-state index in [1.807, 2.05) is 32.8 Å². The number of rotatable bonds is 7. The molecule has 0 amide bonds. The van der Waals surface area contributed by atoms with Crippen molar-refractivity contribution in [2.24, 2.45) is 0 Å². The summed E-state index contributed by atoms with van der Waals surface area (Å²) >= 11 is 11.9. The van der Waals surface area contributed by atoms with Gasteiger partial charge in [-0.3, -0.25) is 0 Å². The van der Waals surface area contributed by atoms with Crippen LogP contribution < -0.4 is 0 Å². The SMILES string of the molecule is CCN(C(C)CN(C)C)S(=O)(=O)c1cc(CCl)ccc1Cl. The van der Waals surface area contributed by atoms with E-state index in [1.54, 1.807) is 18.2 Å². The molecule has 1 unspecified atom stereocenters. The molecule has 0 aliphatic carbocycles. The maximum Gasteiger partial charge on any atom is 0.244 e. The van der Waals surface area contributed by atoms with Gasteiger partial charge in [-0.05, 0) is 38.7 Å². The summed E-state index contributed by atoms with van der Waals surface area (Å²) in [6, 6.07) is 4.71. The molecule has 120 valence electrons. The molecule has 1 aromatic rings. The molecule has 21 heavy (non-hydrogen) atoms. The van der Waals surface area contributed by atoms with E-state index in [0.29, 0.717) is 13.1 Å². The molecule has 0 radical (unpaired) electrons. The van der Waals surface area contributed by atoms with E-state index in [4.69, 9.17) is 23.2 Å². The predicted octanol–water partition coefficient (Wildman–Crippen LogP) is 3.04. The molecule has 0 N–H and O–H groups in total. The van der Waals surface area contributed by atoms with Gasteiger partial charge in [0.15, 0.2) is 0 Å². The van der Waals surface area contributed by atoms with Gasteiger partial charge in [-0.15, -0.1) is 11.6 Å². The number of hydrogen-bond acceptors (Lipinski definition) is 3. The Hall–Kier alpha value is -0.330. The summed E-state index contributed by atoms with van der Waals surface area (Å²) in [6.07, 6.45) is 0. The molecule has 1 atom stereocenters. The zero-order valence-electron chi connectivity index (χ0n) is 12.8. The molecule has 0 aliphatic rings. The van der Waals surface area contributed by atoms with E-state index in [-0.39, 0.29) is 21.8 Å². The Morgan fingerprint density at radius 2 is 1.90 bits per heavy atom. The van der Waals surface area contributed by atoms with Crippen molar-refractivity contribution in [1.29, 1.82) is 0 Å². The van der Waals surface area contributed by atoms with Gasteiger partial charge in [0.1, 0.15) is 4.90 Å². The van der Waals surface area contributed by atoms with Crippen LogP contribution in [-0.4, -0.2) is 50.8 Å². The molecule has 7 heteroatoms. The normalized spacial score (nSPS) is 13.9. The van der Waals surface area contributed by atoms with Gasteiger partial charge in [0.05, 0.1) is 5.02 Å². The van der Waals surface area contributed by atoms with Gasteiger partial charge < -0.3 is 4.90 Å². The van der Waals surface area contributed by atoms with Gasteiger partial charge in [0, 0.05) is 25.0 Å². The molecule has 0 saturated heterocycles. The van der Waals surface area contributed by atoms with Crippen LogP contribution in [0.3, 0.4) is 0 Å². The number of hydrogen-bond donors (Lipinski definition) is 0. The zero-order valence-corrected chi connectivity index (χ0v) is 15.1. The largest absolute Gasteiger partial charge is 0.308 e. The van der Waals surface area contributed by atoms with Crippen LogP contribution in [0.25, 0.3) is 0 Å². The first kappa shape index (κ1) is 18.7. The lowest BCUT2D eigenvalue weighted by molar-refractivity contribution is 0.271. The van der Waals surface area contributed by atoms with Gasteiger partial charge in [-0.2, -0.15) is 4.31 Å². The Morgan fingerprint density at radius 3 is 2.38 bits per heavy atom. The first-order valence-corrected chi connectivity index (χ1v) is 9.10. The molecule has 0 heterocycles. The minimum absolute atomic E-state index is 0.120. The highest BCUT2D eigenvalue weighted by Crippen LogP contribution is 2.27. The minimum atomic E-state index is -3.64. The number of sulfonamides is 1. The number of alkyl halides is 1. The molecule has 4 nitrogen and oxygen atoms in total. The number of halogens is 2. The van der Waals surface area contributed by atoms with E-state index in [0.717, 1.165) is 5.56 Å². The smallest absolute Gasteiger partial charge is 0.244 e. The number of nitrogens with zero attached hydrogens (tertiary/aromatic N) is 2. The molecule has 0 bridgehead atoms. The highest BCUT2D eigenvalue weighted by Gasteiger charge is 2.29. The first-order valence-electron chi connectivity index (χ1n) is 6.75. The van der Waals surface area contributed by atoms with Gasteiger partial charge >= 0.3 is 0 Å². The monoisotopic (exact) mass is 352 g/mol. The Balaban J connectivity index is 3.24. The fourth-order valence-corrected chi connectivity index (χ4v) is 4.62. The Kier molecular flexibility index (Phi) is 6.94. The Labute approximate surface area is 137 Å². The number of likely N-dealkylation sites (N-methyl/N-ethyl adjacent to an activating group) is 2. The van der Waals surface area contributed by atoms with Gasteiger partial charge in [0.2, 0.25) is 10.0 Å². The highest BCUT2D eigenvalue weighted by molar-refractivity contribution is 7.89. The maximum absolute atomic E-state index is 12.9. The van der Waals surface area contributed by atoms with Gasteiger partial charge in [-0.25, -0.2) is 8.42 Å². The van der Waals surface area contributed by atoms with Crippen LogP contribution in [0.4, 0.5) is 0 Å². The van der Waals surface area contributed by atoms with Crippen molar-refractivity contribution in [3.8, 4) is 0 Å². The van der Waals surface area contributed by atoms with Crippen molar-refractivity contribution in [1.82, 2.24) is 9.21 Å². The van der Waals surface area contributed by atoms with E-state index < -0.39 is 10.0 Å². The van der Waals surface area contributed by atoms with Crippen LogP contribution in [0.15, 0.2) is 23.1 Å². The van der Waals surface area contributed by atoms with Crippen molar-refractivity contribution < 1.29 is 8.42 Å². The highest BCUT2D eigenvalue weighted by atomic mass is 35.5. The lowest BCUT2D eigenvalue weighted by Crippen LogP contribution is -2.43. The average molecular weight is 353 g/mol. The van der Waals surface area contributed by atoms with Crippen LogP contribution in [0.2, 0.25) is 5.02 Å². The quantitative estimate of drug-likeness (QED) is 0.708. The van der Waals surface area contributed by atoms with Crippen molar-refractivity contribution in [2.75, 3.05) is 27.2 Å². The second-order valence-corrected chi connectivity index (χ2v) is 7.75. The summed E-state index contributed by atoms with van der Waals surface area (Å²) < 4.78 is 27.2. The van der Waals surface area contributed by atoms with Crippen LogP contribution >= 0.6 is 23.2 Å². The van der Waals surface area contributed by atoms with Crippen LogP contribution in [0, 0.1) is 0 Å². The fraction of sp³-hybridized carbons (Fsp3) is 0.571. The predicted molar refractivity (Wildman–Crippen MR) is 88.6 cm³/mol. The molecule has 1 aromatic carbocycles. The Morgan fingerprint density at radius 1 is 1.29 bits per heavy atom. The second-order valence-electron chi connectivity index (χ2n) is 5.22. The molecular formula is C14H22Cl2N2O2S. The van der Waals surface area contributed by atoms with Crippen LogP contribution in [-0.2, 0) is 15.9 Å². The lowest BCUT2D eigenvalue weighted by atomic mass is 10.2.